The third-order valence-corrected chi connectivity index (χ3v) is 3.34. The summed E-state index contributed by atoms with van der Waals surface area (Å²) in [4.78, 5) is 14.2. The van der Waals surface area contributed by atoms with Crippen LogP contribution in [0.4, 0.5) is 0 Å². The Kier molecular flexibility index (Phi) is 7.21. The van der Waals surface area contributed by atoms with Crippen molar-refractivity contribution >= 4 is 5.91 Å². The fraction of sp³-hybridized carbons (Fsp3) is 0.923. The van der Waals surface area contributed by atoms with Crippen molar-refractivity contribution in [2.75, 3.05) is 32.7 Å². The summed E-state index contributed by atoms with van der Waals surface area (Å²) in [6, 6.07) is 0.0463. The number of carbonyl (C=O) groups is 1. The molecular weight excluding hydrogens is 214 g/mol. The average molecular weight is 241 g/mol. The lowest BCUT2D eigenvalue weighted by Crippen LogP contribution is -2.48. The van der Waals surface area contributed by atoms with Crippen molar-refractivity contribution in [3.05, 3.63) is 0 Å². The second-order valence-corrected chi connectivity index (χ2v) is 4.73. The van der Waals surface area contributed by atoms with Gasteiger partial charge in [0.2, 0.25) is 5.91 Å². The highest BCUT2D eigenvalue weighted by Gasteiger charge is 2.19. The van der Waals surface area contributed by atoms with Crippen molar-refractivity contribution in [2.45, 2.75) is 45.6 Å². The standard InChI is InChI=1S/C13H27N3O/c1-3-10-16(4-2)11-9-15-13(17)12-7-5-6-8-14-12/h12,14H,3-11H2,1-2H3,(H,15,17)/t12-/m1/s1. The zero-order chi connectivity index (χ0) is 12.5. The summed E-state index contributed by atoms with van der Waals surface area (Å²) in [6.07, 6.45) is 4.52. The number of nitrogens with one attached hydrogen (secondary N) is 2. The minimum absolute atomic E-state index is 0.0463. The van der Waals surface area contributed by atoms with E-state index < -0.39 is 0 Å². The van der Waals surface area contributed by atoms with Crippen LogP contribution in [0.25, 0.3) is 0 Å². The molecule has 1 amide bonds. The molecule has 0 spiro atoms. The Bertz CT molecular complexity index is 215. The maximum atomic E-state index is 11.8. The van der Waals surface area contributed by atoms with Gasteiger partial charge < -0.3 is 15.5 Å². The molecule has 1 fully saturated rings. The second-order valence-electron chi connectivity index (χ2n) is 4.73. The van der Waals surface area contributed by atoms with E-state index in [0.717, 1.165) is 39.1 Å². The smallest absolute Gasteiger partial charge is 0.237 e. The van der Waals surface area contributed by atoms with Gasteiger partial charge in [-0.05, 0) is 38.9 Å². The lowest BCUT2D eigenvalue weighted by Gasteiger charge is -2.24. The summed E-state index contributed by atoms with van der Waals surface area (Å²) >= 11 is 0. The Labute approximate surface area is 105 Å². The average Bonchev–Trinajstić information content (AvgIpc) is 2.38. The van der Waals surface area contributed by atoms with Crippen LogP contribution in [0.15, 0.2) is 0 Å². The molecule has 0 aromatic rings. The van der Waals surface area contributed by atoms with Crippen molar-refractivity contribution in [2.24, 2.45) is 0 Å². The Balaban J connectivity index is 2.14. The zero-order valence-electron chi connectivity index (χ0n) is 11.3. The molecule has 0 aromatic carbocycles. The molecule has 0 unspecified atom stereocenters. The van der Waals surface area contributed by atoms with Gasteiger partial charge in [-0.3, -0.25) is 4.79 Å². The minimum Gasteiger partial charge on any atom is -0.353 e. The first-order valence-electron chi connectivity index (χ1n) is 7.01. The van der Waals surface area contributed by atoms with E-state index in [2.05, 4.69) is 29.4 Å². The van der Waals surface area contributed by atoms with Crippen LogP contribution in [0.1, 0.15) is 39.5 Å². The first kappa shape index (κ1) is 14.5. The highest BCUT2D eigenvalue weighted by Crippen LogP contribution is 2.06. The fourth-order valence-corrected chi connectivity index (χ4v) is 2.28. The van der Waals surface area contributed by atoms with Gasteiger partial charge in [-0.25, -0.2) is 0 Å². The first-order valence-corrected chi connectivity index (χ1v) is 7.01. The molecule has 100 valence electrons. The lowest BCUT2D eigenvalue weighted by molar-refractivity contribution is -0.123. The van der Waals surface area contributed by atoms with Crippen molar-refractivity contribution in [1.82, 2.24) is 15.5 Å². The molecule has 0 aromatic heterocycles. The van der Waals surface area contributed by atoms with E-state index in [1.165, 1.54) is 19.3 Å². The van der Waals surface area contributed by atoms with Crippen LogP contribution in [0.2, 0.25) is 0 Å². The van der Waals surface area contributed by atoms with Crippen molar-refractivity contribution in [3.63, 3.8) is 0 Å². The molecule has 0 aliphatic carbocycles. The molecule has 0 radical (unpaired) electrons. The van der Waals surface area contributed by atoms with Crippen LogP contribution in [-0.4, -0.2) is 49.6 Å². The maximum absolute atomic E-state index is 11.8. The first-order chi connectivity index (χ1) is 8.27. The van der Waals surface area contributed by atoms with Gasteiger partial charge in [0.15, 0.2) is 0 Å². The Morgan fingerprint density at radius 3 is 2.76 bits per heavy atom. The van der Waals surface area contributed by atoms with Gasteiger partial charge in [0.05, 0.1) is 6.04 Å². The van der Waals surface area contributed by atoms with Gasteiger partial charge in [-0.15, -0.1) is 0 Å². The Hall–Kier alpha value is -0.610. The lowest BCUT2D eigenvalue weighted by atomic mass is 10.0. The highest BCUT2D eigenvalue weighted by molar-refractivity contribution is 5.81. The molecule has 2 N–H and O–H groups in total. The molecule has 1 aliphatic heterocycles. The third-order valence-electron chi connectivity index (χ3n) is 3.34. The predicted molar refractivity (Wildman–Crippen MR) is 71.1 cm³/mol. The van der Waals surface area contributed by atoms with Gasteiger partial charge in [0.1, 0.15) is 0 Å². The molecular formula is C13H27N3O. The normalized spacial score (nSPS) is 20.5. The number of amides is 1. The summed E-state index contributed by atoms with van der Waals surface area (Å²) in [7, 11) is 0. The van der Waals surface area contributed by atoms with Crippen LogP contribution in [0, 0.1) is 0 Å². The second kappa shape index (κ2) is 8.48. The Morgan fingerprint density at radius 2 is 2.18 bits per heavy atom. The number of piperidine rings is 1. The topological polar surface area (TPSA) is 44.4 Å². The van der Waals surface area contributed by atoms with Gasteiger partial charge in [-0.2, -0.15) is 0 Å². The highest BCUT2D eigenvalue weighted by atomic mass is 16.2. The van der Waals surface area contributed by atoms with Crippen LogP contribution in [0.3, 0.4) is 0 Å². The van der Waals surface area contributed by atoms with E-state index in [9.17, 15) is 4.79 Å². The summed E-state index contributed by atoms with van der Waals surface area (Å²) in [5.41, 5.74) is 0. The number of likely N-dealkylation sites (N-methyl/N-ethyl adjacent to an activating group) is 1. The van der Waals surface area contributed by atoms with Crippen LogP contribution < -0.4 is 10.6 Å². The van der Waals surface area contributed by atoms with E-state index in [1.807, 2.05) is 0 Å². The van der Waals surface area contributed by atoms with Crippen molar-refractivity contribution in [3.8, 4) is 0 Å². The third kappa shape index (κ3) is 5.50. The number of nitrogens with zero attached hydrogens (tertiary/aromatic N) is 1. The molecule has 4 nitrogen and oxygen atoms in total. The van der Waals surface area contributed by atoms with Gasteiger partial charge >= 0.3 is 0 Å². The molecule has 0 bridgehead atoms. The number of rotatable bonds is 7. The minimum atomic E-state index is 0.0463. The van der Waals surface area contributed by atoms with E-state index in [-0.39, 0.29) is 11.9 Å². The summed E-state index contributed by atoms with van der Waals surface area (Å²) in [5, 5.41) is 6.30. The zero-order valence-corrected chi connectivity index (χ0v) is 11.3. The molecule has 1 heterocycles. The summed E-state index contributed by atoms with van der Waals surface area (Å²) in [5.74, 6) is 0.178. The monoisotopic (exact) mass is 241 g/mol. The van der Waals surface area contributed by atoms with Crippen LogP contribution >= 0.6 is 0 Å². The molecule has 1 saturated heterocycles. The van der Waals surface area contributed by atoms with Crippen LogP contribution in [0.5, 0.6) is 0 Å². The molecule has 4 heteroatoms. The molecule has 17 heavy (non-hydrogen) atoms. The Morgan fingerprint density at radius 1 is 1.35 bits per heavy atom. The summed E-state index contributed by atoms with van der Waals surface area (Å²) in [6.45, 7) is 9.25. The fourth-order valence-electron chi connectivity index (χ4n) is 2.28. The van der Waals surface area contributed by atoms with Gasteiger partial charge in [0.25, 0.3) is 0 Å². The SMILES string of the molecule is CCCN(CC)CCNC(=O)[C@H]1CCCCN1. The molecule has 1 rings (SSSR count). The van der Waals surface area contributed by atoms with E-state index in [1.54, 1.807) is 0 Å². The predicted octanol–water partition coefficient (Wildman–Crippen LogP) is 0.977. The van der Waals surface area contributed by atoms with Crippen molar-refractivity contribution in [1.29, 1.82) is 0 Å². The van der Waals surface area contributed by atoms with E-state index >= 15 is 0 Å². The summed E-state index contributed by atoms with van der Waals surface area (Å²) < 4.78 is 0. The molecule has 1 atom stereocenters. The van der Waals surface area contributed by atoms with Crippen molar-refractivity contribution < 1.29 is 4.79 Å². The van der Waals surface area contributed by atoms with E-state index in [4.69, 9.17) is 0 Å². The number of hydrogen-bond acceptors (Lipinski definition) is 3. The van der Waals surface area contributed by atoms with Gasteiger partial charge in [0, 0.05) is 13.1 Å². The number of carbonyl (C=O) groups excluding carboxylic acids is 1. The van der Waals surface area contributed by atoms with Gasteiger partial charge in [-0.1, -0.05) is 20.3 Å². The quantitative estimate of drug-likeness (QED) is 0.698. The number of hydrogen-bond donors (Lipinski definition) is 2. The molecule has 1 aliphatic rings. The van der Waals surface area contributed by atoms with E-state index in [0.29, 0.717) is 0 Å². The maximum Gasteiger partial charge on any atom is 0.237 e. The molecule has 0 saturated carbocycles. The van der Waals surface area contributed by atoms with Crippen LogP contribution in [-0.2, 0) is 4.79 Å². The largest absolute Gasteiger partial charge is 0.353 e.